The number of aryl methyl sites for hydroxylation is 1. The van der Waals surface area contributed by atoms with Crippen LogP contribution in [0.15, 0.2) is 66.7 Å². The molecule has 0 aliphatic heterocycles. The van der Waals surface area contributed by atoms with Gasteiger partial charge in [-0.1, -0.05) is 69.3 Å². The van der Waals surface area contributed by atoms with E-state index in [4.69, 9.17) is 9.84 Å². The average Bonchev–Trinajstić information content (AvgIpc) is 2.71. The Morgan fingerprint density at radius 3 is 2.42 bits per heavy atom. The maximum atomic E-state index is 14.4. The molecule has 0 saturated carbocycles. The van der Waals surface area contributed by atoms with Crippen LogP contribution in [0.3, 0.4) is 0 Å². The molecule has 0 unspecified atom stereocenters. The number of rotatable bonds is 8. The van der Waals surface area contributed by atoms with Crippen molar-refractivity contribution in [3.8, 4) is 16.9 Å². The lowest BCUT2D eigenvalue weighted by molar-refractivity contribution is -0.136. The monoisotopic (exact) mass is 420 g/mol. The maximum Gasteiger partial charge on any atom is 0.303 e. The van der Waals surface area contributed by atoms with Gasteiger partial charge in [0.25, 0.3) is 0 Å². The lowest BCUT2D eigenvalue weighted by Crippen LogP contribution is -2.11. The first-order valence-corrected chi connectivity index (χ1v) is 10.5. The Labute approximate surface area is 183 Å². The third-order valence-electron chi connectivity index (χ3n) is 4.99. The van der Waals surface area contributed by atoms with Gasteiger partial charge < -0.3 is 9.84 Å². The highest BCUT2D eigenvalue weighted by Crippen LogP contribution is 2.32. The second-order valence-electron chi connectivity index (χ2n) is 9.04. The van der Waals surface area contributed by atoms with Gasteiger partial charge in [0.2, 0.25) is 0 Å². The summed E-state index contributed by atoms with van der Waals surface area (Å²) in [6, 6.07) is 20.4. The van der Waals surface area contributed by atoms with Crippen LogP contribution in [0, 0.1) is 11.2 Å². The van der Waals surface area contributed by atoms with E-state index < -0.39 is 5.97 Å². The first kappa shape index (κ1) is 22.5. The molecular formula is C27H29FO3. The maximum absolute atomic E-state index is 14.4. The SMILES string of the molecule is CC(C)(C)Cc1cc(COc2cccc(CCC(=O)O)c2)ccc1-c1ccccc1F. The number of carbonyl (C=O) groups is 1. The van der Waals surface area contributed by atoms with E-state index in [0.717, 1.165) is 28.7 Å². The molecule has 0 aliphatic carbocycles. The fourth-order valence-electron chi connectivity index (χ4n) is 3.61. The summed E-state index contributed by atoms with van der Waals surface area (Å²) >= 11 is 0. The molecule has 4 heteroatoms. The lowest BCUT2D eigenvalue weighted by atomic mass is 9.84. The molecule has 0 atom stereocenters. The summed E-state index contributed by atoms with van der Waals surface area (Å²) in [6.07, 6.45) is 1.38. The number of aliphatic carboxylic acids is 1. The standard InChI is InChI=1S/C27H29FO3/c1-27(2,3)17-21-15-20(11-13-23(21)24-9-4-5-10-25(24)28)18-31-22-8-6-7-19(16-22)12-14-26(29)30/h4-11,13,15-16H,12,14,17-18H2,1-3H3,(H,29,30). The predicted molar refractivity (Wildman–Crippen MR) is 122 cm³/mol. The summed E-state index contributed by atoms with van der Waals surface area (Å²) in [5.74, 6) is -0.328. The Morgan fingerprint density at radius 2 is 1.71 bits per heavy atom. The van der Waals surface area contributed by atoms with Gasteiger partial charge in [0.15, 0.2) is 0 Å². The normalized spacial score (nSPS) is 11.4. The van der Waals surface area contributed by atoms with Crippen LogP contribution in [0.1, 0.15) is 43.9 Å². The van der Waals surface area contributed by atoms with Crippen molar-refractivity contribution in [2.24, 2.45) is 5.41 Å². The van der Waals surface area contributed by atoms with E-state index in [1.165, 1.54) is 6.07 Å². The van der Waals surface area contributed by atoms with Crippen molar-refractivity contribution in [3.63, 3.8) is 0 Å². The van der Waals surface area contributed by atoms with Crippen molar-refractivity contribution in [1.29, 1.82) is 0 Å². The van der Waals surface area contributed by atoms with Gasteiger partial charge in [-0.15, -0.1) is 0 Å². The Bertz CT molecular complexity index is 1050. The van der Waals surface area contributed by atoms with E-state index in [1.54, 1.807) is 6.07 Å². The second-order valence-corrected chi connectivity index (χ2v) is 9.04. The average molecular weight is 421 g/mol. The second kappa shape index (κ2) is 9.78. The molecule has 0 aromatic heterocycles. The van der Waals surface area contributed by atoms with Gasteiger partial charge >= 0.3 is 5.97 Å². The molecule has 3 aromatic rings. The van der Waals surface area contributed by atoms with Crippen molar-refractivity contribution in [2.75, 3.05) is 0 Å². The molecule has 3 nitrogen and oxygen atoms in total. The van der Waals surface area contributed by atoms with Gasteiger partial charge in [-0.2, -0.15) is 0 Å². The minimum atomic E-state index is -0.812. The van der Waals surface area contributed by atoms with Crippen molar-refractivity contribution in [1.82, 2.24) is 0 Å². The van der Waals surface area contributed by atoms with Crippen LogP contribution in [-0.4, -0.2) is 11.1 Å². The van der Waals surface area contributed by atoms with E-state index >= 15 is 0 Å². The van der Waals surface area contributed by atoms with E-state index in [-0.39, 0.29) is 17.7 Å². The molecule has 0 bridgehead atoms. The van der Waals surface area contributed by atoms with E-state index in [1.807, 2.05) is 48.5 Å². The molecule has 0 fully saturated rings. The highest BCUT2D eigenvalue weighted by atomic mass is 19.1. The molecule has 0 radical (unpaired) electrons. The molecule has 0 amide bonds. The summed E-state index contributed by atoms with van der Waals surface area (Å²) in [5, 5.41) is 8.87. The quantitative estimate of drug-likeness (QED) is 0.442. The molecule has 1 N–H and O–H groups in total. The molecule has 0 spiro atoms. The third-order valence-corrected chi connectivity index (χ3v) is 4.99. The topological polar surface area (TPSA) is 46.5 Å². The highest BCUT2D eigenvalue weighted by molar-refractivity contribution is 5.68. The zero-order valence-corrected chi connectivity index (χ0v) is 18.3. The Hall–Kier alpha value is -3.14. The Morgan fingerprint density at radius 1 is 0.935 bits per heavy atom. The number of halogens is 1. The van der Waals surface area contributed by atoms with Crippen LogP contribution in [0.2, 0.25) is 0 Å². The fraction of sp³-hybridized carbons (Fsp3) is 0.296. The summed E-state index contributed by atoms with van der Waals surface area (Å²) < 4.78 is 20.4. The minimum absolute atomic E-state index is 0.0535. The van der Waals surface area contributed by atoms with Gasteiger partial charge in [0.1, 0.15) is 18.2 Å². The molecule has 0 heterocycles. The van der Waals surface area contributed by atoms with E-state index in [2.05, 4.69) is 26.8 Å². The van der Waals surface area contributed by atoms with Crippen molar-refractivity contribution in [3.05, 3.63) is 89.2 Å². The summed E-state index contributed by atoms with van der Waals surface area (Å²) in [7, 11) is 0. The van der Waals surface area contributed by atoms with Crippen molar-refractivity contribution in [2.45, 2.75) is 46.6 Å². The zero-order chi connectivity index (χ0) is 22.4. The predicted octanol–water partition coefficient (Wildman–Crippen LogP) is 6.68. The van der Waals surface area contributed by atoms with Gasteiger partial charge in [0.05, 0.1) is 0 Å². The number of carboxylic acid groups (broad SMARTS) is 1. The molecule has 3 aromatic carbocycles. The number of ether oxygens (including phenoxy) is 1. The number of hydrogen-bond donors (Lipinski definition) is 1. The Kier molecular flexibility index (Phi) is 7.11. The van der Waals surface area contributed by atoms with E-state index in [9.17, 15) is 9.18 Å². The van der Waals surface area contributed by atoms with Gasteiger partial charge in [-0.05, 0) is 58.7 Å². The van der Waals surface area contributed by atoms with Gasteiger partial charge in [-0.25, -0.2) is 4.39 Å². The fourth-order valence-corrected chi connectivity index (χ4v) is 3.61. The first-order valence-electron chi connectivity index (χ1n) is 10.5. The molecule has 0 aliphatic rings. The smallest absolute Gasteiger partial charge is 0.303 e. The largest absolute Gasteiger partial charge is 0.489 e. The lowest BCUT2D eigenvalue weighted by Gasteiger charge is -2.22. The van der Waals surface area contributed by atoms with Crippen LogP contribution in [0.4, 0.5) is 4.39 Å². The molecule has 31 heavy (non-hydrogen) atoms. The summed E-state index contributed by atoms with van der Waals surface area (Å²) in [6.45, 7) is 6.90. The van der Waals surface area contributed by atoms with Crippen LogP contribution in [0.5, 0.6) is 5.75 Å². The van der Waals surface area contributed by atoms with Crippen LogP contribution in [0.25, 0.3) is 11.1 Å². The van der Waals surface area contributed by atoms with Gasteiger partial charge in [0, 0.05) is 12.0 Å². The number of carboxylic acids is 1. The number of hydrogen-bond acceptors (Lipinski definition) is 2. The van der Waals surface area contributed by atoms with Gasteiger partial charge in [-0.3, -0.25) is 4.79 Å². The minimum Gasteiger partial charge on any atom is -0.489 e. The number of benzene rings is 3. The van der Waals surface area contributed by atoms with Crippen LogP contribution in [-0.2, 0) is 24.2 Å². The molecule has 3 rings (SSSR count). The molecule has 162 valence electrons. The van der Waals surface area contributed by atoms with Crippen LogP contribution < -0.4 is 4.74 Å². The highest BCUT2D eigenvalue weighted by Gasteiger charge is 2.17. The summed E-state index contributed by atoms with van der Waals surface area (Å²) in [4.78, 5) is 10.8. The summed E-state index contributed by atoms with van der Waals surface area (Å²) in [5.41, 5.74) is 4.61. The Balaban J connectivity index is 1.81. The van der Waals surface area contributed by atoms with Crippen molar-refractivity contribution < 1.29 is 19.0 Å². The molecule has 0 saturated heterocycles. The zero-order valence-electron chi connectivity index (χ0n) is 18.3. The first-order chi connectivity index (χ1) is 14.7. The third kappa shape index (κ3) is 6.68. The molecular weight excluding hydrogens is 391 g/mol. The van der Waals surface area contributed by atoms with Crippen LogP contribution >= 0.6 is 0 Å². The van der Waals surface area contributed by atoms with Crippen molar-refractivity contribution >= 4 is 5.97 Å². The van der Waals surface area contributed by atoms with E-state index in [0.29, 0.717) is 24.3 Å².